The number of primary amides is 1. The fourth-order valence-corrected chi connectivity index (χ4v) is 12.7. The maximum absolute atomic E-state index is 13.4. The van der Waals surface area contributed by atoms with Gasteiger partial charge in [-0.15, -0.1) is 0 Å². The van der Waals surface area contributed by atoms with Gasteiger partial charge >= 0.3 is 36.6 Å². The van der Waals surface area contributed by atoms with Crippen molar-refractivity contribution in [2.24, 2.45) is 11.7 Å². The van der Waals surface area contributed by atoms with Crippen LogP contribution < -0.4 is 66.5 Å². The number of anilines is 9. The molecule has 0 unspecified atom stereocenters. The number of Topliss-reactive ketones (excluding diaryl/α,β-unsaturated/α-hetero) is 1. The third-order valence-electron chi connectivity index (χ3n) is 18.2. The lowest BCUT2D eigenvalue weighted by Gasteiger charge is -2.35. The quantitative estimate of drug-likeness (QED) is 0.0423. The third kappa shape index (κ3) is 14.8. The van der Waals surface area contributed by atoms with Crippen LogP contribution in [-0.2, 0) is 6.42 Å². The van der Waals surface area contributed by atoms with Crippen LogP contribution in [0, 0.1) is 12.8 Å². The molecule has 6 atom stereocenters. The number of aliphatic hydroxyl groups excluding tert-OH is 1. The third-order valence-corrected chi connectivity index (χ3v) is 18.2. The van der Waals surface area contributed by atoms with E-state index in [0.717, 1.165) is 37.9 Å². The van der Waals surface area contributed by atoms with Crippen LogP contribution >= 0.6 is 0 Å². The summed E-state index contributed by atoms with van der Waals surface area (Å²) in [4.78, 5) is 124. The average molecular weight is 1430 g/mol. The highest BCUT2D eigenvalue weighted by Crippen LogP contribution is 2.43. The lowest BCUT2D eigenvalue weighted by molar-refractivity contribution is -0.182. The van der Waals surface area contributed by atoms with E-state index in [0.29, 0.717) is 105 Å². The Morgan fingerprint density at radius 1 is 0.627 bits per heavy atom. The number of aryl methyl sites for hydroxylation is 2. The maximum atomic E-state index is 13.4. The lowest BCUT2D eigenvalue weighted by Crippen LogP contribution is -2.49. The summed E-state index contributed by atoms with van der Waals surface area (Å²) in [5.74, 6) is -3.68. The predicted molar refractivity (Wildman–Crippen MR) is 350 cm³/mol. The summed E-state index contributed by atoms with van der Waals surface area (Å²) in [5, 5.41) is 28.6. The SMILES string of the molecule is C[C@@H](NC(=O)c1ccc2c(n1)N(C(=O)Nc1cc(C(N)=O)ccn1)[C@H]1CCN2C1)C(F)(F)F.C[C@@H](NC(=O)c1ccc2c(n1)N(C(=O)Nc1cc3c(cn1)OCCC3)[C@H]1CCN2C1)C(F)(F)F.Cc1ccc2c(NC(=O)N3c4nc(C(=O)C[C@H](CO)C(F)(F)F)ccc4N4CC[C@H]3C4)n[nH]c2n1. The Bertz CT molecular complexity index is 4450. The number of ketones is 1. The van der Waals surface area contributed by atoms with Gasteiger partial charge in [0.15, 0.2) is 34.7 Å². The van der Waals surface area contributed by atoms with Crippen molar-refractivity contribution in [2.45, 2.75) is 108 Å². The minimum Gasteiger partial charge on any atom is -0.492 e. The summed E-state index contributed by atoms with van der Waals surface area (Å²) in [6.45, 7) is 6.68. The van der Waals surface area contributed by atoms with E-state index in [2.05, 4.69) is 56.1 Å². The zero-order chi connectivity index (χ0) is 72.9. The van der Waals surface area contributed by atoms with Gasteiger partial charge in [0, 0.05) is 63.1 Å². The number of alkyl halides is 9. The predicted octanol–water partition coefficient (Wildman–Crippen LogP) is 8.04. The molecule has 0 saturated carbocycles. The number of rotatable bonds is 12. The smallest absolute Gasteiger partial charge is 0.408 e. The summed E-state index contributed by atoms with van der Waals surface area (Å²) >= 11 is 0. The maximum Gasteiger partial charge on any atom is 0.408 e. The Labute approximate surface area is 572 Å². The average Bonchev–Trinajstić information content (AvgIpc) is 1.62. The molecule has 9 amide bonds. The van der Waals surface area contributed by atoms with Gasteiger partial charge in [-0.05, 0) is 125 Å². The standard InChI is InChI=1S/C22H22F3N7O3.C22H23F3N6O3.C20H20F3N7O3/c1-11-2-3-14-18(26-11)29-30-19(14)28-21(35)32-13-6-7-31(9-13)16-5-4-15(27-20(16)32)17(34)8-12(10-33)22(23,24)25;1-12(22(23,24)25)27-20(32)15-4-5-16-19(28-15)31(14-6-7-30(16)11-14)21(33)29-18-9-13-3-2-8-34-17(13)10-26-18;1-10(20(21,22)23)26-18(32)13-2-3-14-17(27-13)30(12-5-7-29(14)9-12)19(33)28-15-8-11(16(24)31)4-6-25-15/h2-5,12-13,33H,6-10H2,1H3,(H2,26,28,29,30,35);4-5,9-10,12,14H,2-3,6-8,11H2,1H3,(H,27,32)(H,26,29,33);2-4,6,8,10,12H,5,7,9H2,1H3,(H2,24,31)(H,26,32)(H,25,28,33)/t12-,13+;12-,14+;10-,12+/m111/s1. The molecule has 29 nitrogen and oxygen atoms in total. The van der Waals surface area contributed by atoms with Crippen LogP contribution in [0.15, 0.2) is 79.1 Å². The minimum absolute atomic E-state index is 0.0891. The first-order valence-electron chi connectivity index (χ1n) is 32.1. The first-order valence-corrected chi connectivity index (χ1v) is 32.1. The molecule has 7 aliphatic rings. The van der Waals surface area contributed by atoms with Gasteiger partial charge in [-0.3, -0.25) is 54.9 Å². The van der Waals surface area contributed by atoms with E-state index in [1.807, 2.05) is 32.3 Å². The number of amides is 9. The van der Waals surface area contributed by atoms with Gasteiger partial charge in [-0.2, -0.15) is 44.6 Å². The zero-order valence-corrected chi connectivity index (χ0v) is 54.4. The van der Waals surface area contributed by atoms with Crippen LogP contribution in [0.2, 0.25) is 0 Å². The number of aromatic amines is 1. The first kappa shape index (κ1) is 70.6. The lowest BCUT2D eigenvalue weighted by atomic mass is 10.0. The van der Waals surface area contributed by atoms with Crippen molar-refractivity contribution in [3.05, 3.63) is 113 Å². The Morgan fingerprint density at radius 3 is 1.61 bits per heavy atom. The van der Waals surface area contributed by atoms with Gasteiger partial charge in [0.25, 0.3) is 11.8 Å². The van der Waals surface area contributed by atoms with E-state index in [-0.39, 0.29) is 69.9 Å². The molecule has 102 heavy (non-hydrogen) atoms. The Kier molecular flexibility index (Phi) is 19.4. The molecule has 0 aromatic carbocycles. The fourth-order valence-electron chi connectivity index (χ4n) is 12.7. The van der Waals surface area contributed by atoms with Crippen LogP contribution in [0.4, 0.5) is 106 Å². The normalized spacial score (nSPS) is 18.5. The van der Waals surface area contributed by atoms with Crippen molar-refractivity contribution >= 4 is 105 Å². The molecule has 3 fully saturated rings. The molecule has 6 bridgehead atoms. The Hall–Kier alpha value is -11.2. The van der Waals surface area contributed by atoms with Crippen molar-refractivity contribution in [3.8, 4) is 5.75 Å². The van der Waals surface area contributed by atoms with Crippen molar-refractivity contribution in [2.75, 3.05) is 97.8 Å². The number of hydrogen-bond donors (Lipinski definition) is 8. The van der Waals surface area contributed by atoms with Crippen molar-refractivity contribution in [1.29, 1.82) is 0 Å². The van der Waals surface area contributed by atoms with E-state index in [9.17, 15) is 73.1 Å². The van der Waals surface area contributed by atoms with Gasteiger partial charge in [0.1, 0.15) is 46.6 Å². The van der Waals surface area contributed by atoms with Crippen LogP contribution in [0.3, 0.4) is 0 Å². The van der Waals surface area contributed by atoms with E-state index < -0.39 is 91.2 Å². The molecule has 0 radical (unpaired) electrons. The number of carbonyl (C=O) groups excluding carboxylic acids is 7. The summed E-state index contributed by atoms with van der Waals surface area (Å²) < 4.78 is 122. The molecule has 9 N–H and O–H groups in total. The number of pyridine rings is 6. The second kappa shape index (κ2) is 28.1. The molecule has 7 aromatic rings. The van der Waals surface area contributed by atoms with Gasteiger partial charge in [0.05, 0.1) is 65.9 Å². The fraction of sp³-hybridized carbons (Fsp3) is 0.406. The number of halogens is 9. The van der Waals surface area contributed by atoms with Crippen LogP contribution in [0.1, 0.15) is 99.0 Å². The van der Waals surface area contributed by atoms with Crippen LogP contribution in [-0.4, -0.2) is 188 Å². The molecular weight excluding hydrogens is 1360 g/mol. The van der Waals surface area contributed by atoms with E-state index in [4.69, 9.17) is 15.6 Å². The molecular formula is C64H65F9N20O9. The van der Waals surface area contributed by atoms with Gasteiger partial charge in [-0.25, -0.2) is 44.3 Å². The molecule has 7 aromatic heterocycles. The van der Waals surface area contributed by atoms with Crippen molar-refractivity contribution in [1.82, 2.24) is 50.7 Å². The van der Waals surface area contributed by atoms with Crippen molar-refractivity contribution < 1.29 is 82.9 Å². The number of carbonyl (C=O) groups is 7. The van der Waals surface area contributed by atoms with Gasteiger partial charge in [0.2, 0.25) is 5.91 Å². The van der Waals surface area contributed by atoms with Gasteiger partial charge < -0.3 is 40.9 Å². The summed E-state index contributed by atoms with van der Waals surface area (Å²) in [6.07, 6.45) is -8.24. The number of nitrogens with two attached hydrogens (primary N) is 1. The second-order valence-electron chi connectivity index (χ2n) is 25.0. The first-order chi connectivity index (χ1) is 48.4. The highest BCUT2D eigenvalue weighted by Gasteiger charge is 2.46. The number of fused-ring (bicyclic) bond motifs is 14. The number of nitrogens with zero attached hydrogens (tertiary/aromatic N) is 13. The minimum atomic E-state index is -4.71. The van der Waals surface area contributed by atoms with Crippen molar-refractivity contribution in [3.63, 3.8) is 0 Å². The molecule has 0 aliphatic carbocycles. The highest BCUT2D eigenvalue weighted by atomic mass is 19.4. The number of aliphatic hydroxyl groups is 1. The number of urea groups is 3. The number of H-pyrrole nitrogens is 1. The molecule has 38 heteroatoms. The van der Waals surface area contributed by atoms with Crippen LogP contribution in [0.25, 0.3) is 11.0 Å². The van der Waals surface area contributed by atoms with E-state index in [1.54, 1.807) is 42.6 Å². The second-order valence-corrected chi connectivity index (χ2v) is 25.0. The summed E-state index contributed by atoms with van der Waals surface area (Å²) in [5.41, 5.74) is 8.87. The largest absolute Gasteiger partial charge is 0.492 e. The van der Waals surface area contributed by atoms with E-state index in [1.165, 1.54) is 51.2 Å². The summed E-state index contributed by atoms with van der Waals surface area (Å²) in [6, 6.07) is 10.5. The monoisotopic (exact) mass is 1430 g/mol. The number of ether oxygens (including phenoxy) is 1. The Balaban J connectivity index is 0.000000145. The number of aromatic nitrogens is 8. The number of hydrogen-bond acceptors (Lipinski definition) is 19. The molecule has 538 valence electrons. The molecule has 0 spiro atoms. The Morgan fingerprint density at radius 2 is 1.12 bits per heavy atom. The topological polar surface area (TPSA) is 361 Å². The highest BCUT2D eigenvalue weighted by molar-refractivity contribution is 6.09. The molecule has 3 saturated heterocycles. The molecule has 14 heterocycles. The zero-order valence-electron chi connectivity index (χ0n) is 54.4. The van der Waals surface area contributed by atoms with Gasteiger partial charge in [-0.1, -0.05) is 0 Å². The molecule has 14 rings (SSSR count). The summed E-state index contributed by atoms with van der Waals surface area (Å²) in [7, 11) is 0. The van der Waals surface area contributed by atoms with Crippen LogP contribution in [0.5, 0.6) is 5.75 Å². The van der Waals surface area contributed by atoms with E-state index >= 15 is 0 Å². The molecule has 7 aliphatic heterocycles. The number of nitrogens with one attached hydrogen (secondary N) is 6.